The molecular formula is C14H29N3O. The van der Waals surface area contributed by atoms with Gasteiger partial charge in [0.2, 0.25) is 5.91 Å². The zero-order valence-electron chi connectivity index (χ0n) is 12.3. The average Bonchev–Trinajstić information content (AvgIpc) is 2.34. The molecule has 1 aliphatic rings. The molecule has 0 aromatic rings. The van der Waals surface area contributed by atoms with E-state index in [2.05, 4.69) is 36.4 Å². The Kier molecular flexibility index (Phi) is 6.65. The summed E-state index contributed by atoms with van der Waals surface area (Å²) in [5, 5.41) is 6.32. The molecule has 0 radical (unpaired) electrons. The molecule has 4 nitrogen and oxygen atoms in total. The van der Waals surface area contributed by atoms with Crippen LogP contribution in [0.1, 0.15) is 40.0 Å². The summed E-state index contributed by atoms with van der Waals surface area (Å²) in [5.74, 6) is 0.618. The molecule has 2 atom stereocenters. The van der Waals surface area contributed by atoms with Crippen LogP contribution in [-0.4, -0.2) is 49.6 Å². The van der Waals surface area contributed by atoms with Crippen molar-refractivity contribution in [3.8, 4) is 0 Å². The summed E-state index contributed by atoms with van der Waals surface area (Å²) in [5.41, 5.74) is 0. The van der Waals surface area contributed by atoms with Crippen molar-refractivity contribution in [3.63, 3.8) is 0 Å². The third kappa shape index (κ3) is 5.36. The second-order valence-corrected chi connectivity index (χ2v) is 5.90. The Morgan fingerprint density at radius 1 is 1.33 bits per heavy atom. The summed E-state index contributed by atoms with van der Waals surface area (Å²) < 4.78 is 0. The van der Waals surface area contributed by atoms with Crippen molar-refractivity contribution in [2.45, 2.75) is 52.1 Å². The second kappa shape index (κ2) is 7.74. The van der Waals surface area contributed by atoms with E-state index in [9.17, 15) is 4.79 Å². The predicted molar refractivity (Wildman–Crippen MR) is 75.6 cm³/mol. The normalized spacial score (nSPS) is 23.1. The van der Waals surface area contributed by atoms with E-state index in [1.165, 1.54) is 25.8 Å². The molecule has 0 bridgehead atoms. The van der Waals surface area contributed by atoms with Crippen LogP contribution in [0.4, 0.5) is 0 Å². The molecule has 1 rings (SSSR count). The minimum absolute atomic E-state index is 0.0981. The molecule has 0 aromatic carbocycles. The summed E-state index contributed by atoms with van der Waals surface area (Å²) in [6, 6.07) is 0.484. The number of rotatable bonds is 6. The molecule has 106 valence electrons. The number of nitrogens with one attached hydrogen (secondary N) is 2. The highest BCUT2D eigenvalue weighted by Crippen LogP contribution is 2.14. The first-order valence-corrected chi connectivity index (χ1v) is 7.22. The van der Waals surface area contributed by atoms with Gasteiger partial charge in [-0.1, -0.05) is 20.3 Å². The van der Waals surface area contributed by atoms with Crippen molar-refractivity contribution >= 4 is 5.91 Å². The summed E-state index contributed by atoms with van der Waals surface area (Å²) in [7, 11) is 2.18. The number of hydrogen-bond acceptors (Lipinski definition) is 3. The first kappa shape index (κ1) is 15.4. The van der Waals surface area contributed by atoms with E-state index in [-0.39, 0.29) is 11.9 Å². The second-order valence-electron chi connectivity index (χ2n) is 5.90. The summed E-state index contributed by atoms with van der Waals surface area (Å²) in [6.07, 6.45) is 3.85. The largest absolute Gasteiger partial charge is 0.354 e. The SMILES string of the molecule is CC(C)CNC(=O)C(C)NCC1CCCCN1C. The summed E-state index contributed by atoms with van der Waals surface area (Å²) in [4.78, 5) is 14.2. The van der Waals surface area contributed by atoms with Crippen LogP contribution in [-0.2, 0) is 4.79 Å². The number of amides is 1. The number of carbonyl (C=O) groups is 1. The van der Waals surface area contributed by atoms with Gasteiger partial charge in [0.15, 0.2) is 0 Å². The van der Waals surface area contributed by atoms with Crippen molar-refractivity contribution < 1.29 is 4.79 Å². The fourth-order valence-corrected chi connectivity index (χ4v) is 2.27. The van der Waals surface area contributed by atoms with Crippen molar-refractivity contribution in [2.24, 2.45) is 5.92 Å². The van der Waals surface area contributed by atoms with Crippen LogP contribution in [0, 0.1) is 5.92 Å². The van der Waals surface area contributed by atoms with Gasteiger partial charge in [0.25, 0.3) is 0 Å². The minimum atomic E-state index is -0.0981. The maximum absolute atomic E-state index is 11.8. The van der Waals surface area contributed by atoms with Gasteiger partial charge in [0, 0.05) is 19.1 Å². The molecule has 0 saturated carbocycles. The number of piperidine rings is 1. The van der Waals surface area contributed by atoms with Gasteiger partial charge in [-0.2, -0.15) is 0 Å². The molecule has 0 aliphatic carbocycles. The summed E-state index contributed by atoms with van der Waals surface area (Å²) >= 11 is 0. The van der Waals surface area contributed by atoms with E-state index in [1.54, 1.807) is 0 Å². The van der Waals surface area contributed by atoms with Crippen LogP contribution in [0.2, 0.25) is 0 Å². The van der Waals surface area contributed by atoms with E-state index < -0.39 is 0 Å². The zero-order valence-corrected chi connectivity index (χ0v) is 12.3. The highest BCUT2D eigenvalue weighted by Gasteiger charge is 2.20. The molecular weight excluding hydrogens is 226 g/mol. The van der Waals surface area contributed by atoms with Crippen LogP contribution in [0.3, 0.4) is 0 Å². The Morgan fingerprint density at radius 2 is 2.06 bits per heavy atom. The van der Waals surface area contributed by atoms with Gasteiger partial charge >= 0.3 is 0 Å². The van der Waals surface area contributed by atoms with Crippen LogP contribution in [0.5, 0.6) is 0 Å². The van der Waals surface area contributed by atoms with Crippen molar-refractivity contribution in [1.82, 2.24) is 15.5 Å². The fraction of sp³-hybridized carbons (Fsp3) is 0.929. The number of likely N-dealkylation sites (tertiary alicyclic amines) is 1. The lowest BCUT2D eigenvalue weighted by atomic mass is 10.0. The molecule has 0 aromatic heterocycles. The molecule has 1 fully saturated rings. The Balaban J connectivity index is 2.22. The fourth-order valence-electron chi connectivity index (χ4n) is 2.27. The molecule has 1 heterocycles. The Labute approximate surface area is 111 Å². The molecule has 1 saturated heterocycles. The van der Waals surface area contributed by atoms with E-state index in [1.807, 2.05) is 6.92 Å². The average molecular weight is 255 g/mol. The molecule has 4 heteroatoms. The number of carbonyl (C=O) groups excluding carboxylic acids is 1. The van der Waals surface area contributed by atoms with Crippen LogP contribution >= 0.6 is 0 Å². The Hall–Kier alpha value is -0.610. The third-order valence-electron chi connectivity index (χ3n) is 3.66. The lowest BCUT2D eigenvalue weighted by molar-refractivity contribution is -0.122. The molecule has 18 heavy (non-hydrogen) atoms. The van der Waals surface area contributed by atoms with Gasteiger partial charge in [0.1, 0.15) is 0 Å². The van der Waals surface area contributed by atoms with Crippen LogP contribution < -0.4 is 10.6 Å². The number of hydrogen-bond donors (Lipinski definition) is 2. The van der Waals surface area contributed by atoms with Crippen molar-refractivity contribution in [2.75, 3.05) is 26.7 Å². The smallest absolute Gasteiger partial charge is 0.236 e. The molecule has 2 unspecified atom stereocenters. The van der Waals surface area contributed by atoms with Gasteiger partial charge in [-0.3, -0.25) is 4.79 Å². The van der Waals surface area contributed by atoms with E-state index >= 15 is 0 Å². The van der Waals surface area contributed by atoms with Crippen LogP contribution in [0.15, 0.2) is 0 Å². The molecule has 2 N–H and O–H groups in total. The van der Waals surface area contributed by atoms with Gasteiger partial charge in [-0.15, -0.1) is 0 Å². The highest BCUT2D eigenvalue weighted by molar-refractivity contribution is 5.81. The first-order valence-electron chi connectivity index (χ1n) is 7.22. The lowest BCUT2D eigenvalue weighted by Gasteiger charge is -2.33. The van der Waals surface area contributed by atoms with Gasteiger partial charge in [0.05, 0.1) is 6.04 Å². The minimum Gasteiger partial charge on any atom is -0.354 e. The monoisotopic (exact) mass is 255 g/mol. The summed E-state index contributed by atoms with van der Waals surface area (Å²) in [6.45, 7) is 9.00. The molecule has 1 aliphatic heterocycles. The van der Waals surface area contributed by atoms with Gasteiger partial charge in [-0.25, -0.2) is 0 Å². The zero-order chi connectivity index (χ0) is 13.5. The van der Waals surface area contributed by atoms with E-state index in [0.717, 1.165) is 13.1 Å². The number of nitrogens with zero attached hydrogens (tertiary/aromatic N) is 1. The topological polar surface area (TPSA) is 44.4 Å². The number of likely N-dealkylation sites (N-methyl/N-ethyl adjacent to an activating group) is 1. The molecule has 1 amide bonds. The lowest BCUT2D eigenvalue weighted by Crippen LogP contribution is -2.49. The Bertz CT molecular complexity index is 255. The van der Waals surface area contributed by atoms with E-state index in [4.69, 9.17) is 0 Å². The Morgan fingerprint density at radius 3 is 2.67 bits per heavy atom. The predicted octanol–water partition coefficient (Wildman–Crippen LogP) is 1.22. The van der Waals surface area contributed by atoms with Crippen molar-refractivity contribution in [3.05, 3.63) is 0 Å². The van der Waals surface area contributed by atoms with Crippen molar-refractivity contribution in [1.29, 1.82) is 0 Å². The molecule has 0 spiro atoms. The maximum atomic E-state index is 11.8. The quantitative estimate of drug-likeness (QED) is 0.750. The van der Waals surface area contributed by atoms with Gasteiger partial charge in [-0.05, 0) is 39.3 Å². The van der Waals surface area contributed by atoms with Crippen LogP contribution in [0.25, 0.3) is 0 Å². The first-order chi connectivity index (χ1) is 8.50. The van der Waals surface area contributed by atoms with Gasteiger partial charge < -0.3 is 15.5 Å². The third-order valence-corrected chi connectivity index (χ3v) is 3.66. The maximum Gasteiger partial charge on any atom is 0.236 e. The standard InChI is InChI=1S/C14H29N3O/c1-11(2)9-16-14(18)12(3)15-10-13-7-5-6-8-17(13)4/h11-13,15H,5-10H2,1-4H3,(H,16,18). The highest BCUT2D eigenvalue weighted by atomic mass is 16.2. The van der Waals surface area contributed by atoms with E-state index in [0.29, 0.717) is 12.0 Å².